The molecule has 2 nitrogen and oxygen atoms in total. The van der Waals surface area contributed by atoms with Crippen LogP contribution in [-0.4, -0.2) is 38.1 Å². The lowest BCUT2D eigenvalue weighted by Crippen LogP contribution is -2.33. The number of rotatable bonds is 8. The van der Waals surface area contributed by atoms with Gasteiger partial charge in [-0.1, -0.05) is 33.1 Å². The fourth-order valence-corrected chi connectivity index (χ4v) is 2.54. The van der Waals surface area contributed by atoms with Crippen molar-refractivity contribution >= 4 is 0 Å². The average molecular weight is 226 g/mol. The largest absolute Gasteiger partial charge is 0.315 e. The van der Waals surface area contributed by atoms with Crippen LogP contribution in [0.5, 0.6) is 0 Å². The van der Waals surface area contributed by atoms with E-state index in [-0.39, 0.29) is 0 Å². The van der Waals surface area contributed by atoms with Gasteiger partial charge in [0.25, 0.3) is 0 Å². The van der Waals surface area contributed by atoms with Crippen molar-refractivity contribution in [2.75, 3.05) is 33.2 Å². The molecule has 1 fully saturated rings. The number of hydrogen-bond acceptors (Lipinski definition) is 2. The summed E-state index contributed by atoms with van der Waals surface area (Å²) in [6.45, 7) is 9.44. The number of nitrogens with zero attached hydrogens (tertiary/aromatic N) is 1. The molecule has 1 atom stereocenters. The van der Waals surface area contributed by atoms with Gasteiger partial charge < -0.3 is 10.2 Å². The first-order valence-corrected chi connectivity index (χ1v) is 7.11. The maximum absolute atomic E-state index is 3.61. The molecule has 16 heavy (non-hydrogen) atoms. The van der Waals surface area contributed by atoms with Crippen molar-refractivity contribution in [2.24, 2.45) is 11.8 Å². The number of likely N-dealkylation sites (N-methyl/N-ethyl adjacent to an activating group) is 1. The fraction of sp³-hybridized carbons (Fsp3) is 1.00. The monoisotopic (exact) mass is 226 g/mol. The zero-order valence-corrected chi connectivity index (χ0v) is 11.5. The highest BCUT2D eigenvalue weighted by Gasteiger charge is 2.13. The topological polar surface area (TPSA) is 15.3 Å². The SMILES string of the molecule is CCC(C)CN(C)CCNCC1CCCC1. The Bertz CT molecular complexity index is 164. The molecule has 0 heterocycles. The first-order chi connectivity index (χ1) is 7.72. The summed E-state index contributed by atoms with van der Waals surface area (Å²) >= 11 is 0. The minimum absolute atomic E-state index is 0.833. The second kappa shape index (κ2) is 8.08. The summed E-state index contributed by atoms with van der Waals surface area (Å²) in [7, 11) is 2.24. The summed E-state index contributed by atoms with van der Waals surface area (Å²) in [4.78, 5) is 2.45. The van der Waals surface area contributed by atoms with E-state index in [9.17, 15) is 0 Å². The van der Waals surface area contributed by atoms with Crippen molar-refractivity contribution in [1.82, 2.24) is 10.2 Å². The maximum atomic E-state index is 3.61. The van der Waals surface area contributed by atoms with Gasteiger partial charge in [-0.3, -0.25) is 0 Å². The van der Waals surface area contributed by atoms with Gasteiger partial charge in [-0.25, -0.2) is 0 Å². The van der Waals surface area contributed by atoms with E-state index in [1.165, 1.54) is 51.7 Å². The van der Waals surface area contributed by atoms with E-state index < -0.39 is 0 Å². The Kier molecular flexibility index (Phi) is 7.06. The molecule has 96 valence electrons. The van der Waals surface area contributed by atoms with Crippen LogP contribution in [0.4, 0.5) is 0 Å². The van der Waals surface area contributed by atoms with E-state index in [4.69, 9.17) is 0 Å². The van der Waals surface area contributed by atoms with Crippen molar-refractivity contribution in [3.63, 3.8) is 0 Å². The predicted molar refractivity (Wildman–Crippen MR) is 71.8 cm³/mol. The zero-order chi connectivity index (χ0) is 11.8. The zero-order valence-electron chi connectivity index (χ0n) is 11.5. The third kappa shape index (κ3) is 5.86. The summed E-state index contributed by atoms with van der Waals surface area (Å²) in [6.07, 6.45) is 7.12. The van der Waals surface area contributed by atoms with Crippen LogP contribution in [0.25, 0.3) is 0 Å². The third-order valence-corrected chi connectivity index (χ3v) is 3.90. The average Bonchev–Trinajstić information content (AvgIpc) is 2.77. The first kappa shape index (κ1) is 14.0. The maximum Gasteiger partial charge on any atom is 0.0104 e. The molecular formula is C14H30N2. The smallest absolute Gasteiger partial charge is 0.0104 e. The minimum Gasteiger partial charge on any atom is -0.315 e. The highest BCUT2D eigenvalue weighted by molar-refractivity contribution is 4.69. The Balaban J connectivity index is 1.93. The minimum atomic E-state index is 0.833. The van der Waals surface area contributed by atoms with Crippen LogP contribution in [0.2, 0.25) is 0 Å². The lowest BCUT2D eigenvalue weighted by atomic mass is 10.1. The van der Waals surface area contributed by atoms with Gasteiger partial charge in [-0.05, 0) is 38.3 Å². The summed E-state index contributed by atoms with van der Waals surface area (Å²) in [5.41, 5.74) is 0. The lowest BCUT2D eigenvalue weighted by molar-refractivity contribution is 0.279. The molecular weight excluding hydrogens is 196 g/mol. The molecule has 0 amide bonds. The quantitative estimate of drug-likeness (QED) is 0.640. The van der Waals surface area contributed by atoms with E-state index >= 15 is 0 Å². The Morgan fingerprint density at radius 2 is 2.00 bits per heavy atom. The molecule has 1 saturated carbocycles. The Morgan fingerprint density at radius 1 is 1.31 bits per heavy atom. The fourth-order valence-electron chi connectivity index (χ4n) is 2.54. The van der Waals surface area contributed by atoms with Crippen LogP contribution in [-0.2, 0) is 0 Å². The highest BCUT2D eigenvalue weighted by atomic mass is 15.1. The molecule has 0 aromatic rings. The third-order valence-electron chi connectivity index (χ3n) is 3.90. The van der Waals surface area contributed by atoms with Crippen LogP contribution in [0, 0.1) is 11.8 Å². The van der Waals surface area contributed by atoms with E-state index in [1.54, 1.807) is 0 Å². The van der Waals surface area contributed by atoms with Crippen LogP contribution in [0.1, 0.15) is 46.0 Å². The van der Waals surface area contributed by atoms with Gasteiger partial charge in [0.2, 0.25) is 0 Å². The molecule has 1 aliphatic rings. The van der Waals surface area contributed by atoms with Gasteiger partial charge in [0.15, 0.2) is 0 Å². The standard InChI is InChI=1S/C14H30N2/c1-4-13(2)12-16(3)10-9-15-11-14-7-5-6-8-14/h13-15H,4-12H2,1-3H3. The predicted octanol–water partition coefficient (Wildman–Crippen LogP) is 2.74. The summed E-state index contributed by atoms with van der Waals surface area (Å²) in [5.74, 6) is 1.81. The van der Waals surface area contributed by atoms with Gasteiger partial charge >= 0.3 is 0 Å². The van der Waals surface area contributed by atoms with Gasteiger partial charge in [0.05, 0.1) is 0 Å². The first-order valence-electron chi connectivity index (χ1n) is 7.11. The Labute approximate surface area is 102 Å². The van der Waals surface area contributed by atoms with Crippen molar-refractivity contribution in [2.45, 2.75) is 46.0 Å². The van der Waals surface area contributed by atoms with Gasteiger partial charge in [-0.2, -0.15) is 0 Å². The van der Waals surface area contributed by atoms with Crippen LogP contribution < -0.4 is 5.32 Å². The molecule has 1 aliphatic carbocycles. The van der Waals surface area contributed by atoms with E-state index in [0.717, 1.165) is 18.4 Å². The summed E-state index contributed by atoms with van der Waals surface area (Å²) in [6, 6.07) is 0. The highest BCUT2D eigenvalue weighted by Crippen LogP contribution is 2.23. The second-order valence-corrected chi connectivity index (χ2v) is 5.63. The molecule has 2 heteroatoms. The molecule has 0 bridgehead atoms. The van der Waals surface area contributed by atoms with Gasteiger partial charge in [0.1, 0.15) is 0 Å². The molecule has 0 aromatic heterocycles. The summed E-state index contributed by atoms with van der Waals surface area (Å²) in [5, 5.41) is 3.61. The number of nitrogens with one attached hydrogen (secondary N) is 1. The van der Waals surface area contributed by atoms with Crippen molar-refractivity contribution < 1.29 is 0 Å². The molecule has 0 aliphatic heterocycles. The van der Waals surface area contributed by atoms with E-state index in [0.29, 0.717) is 0 Å². The molecule has 0 spiro atoms. The molecule has 1 N–H and O–H groups in total. The normalized spacial score (nSPS) is 19.5. The lowest BCUT2D eigenvalue weighted by Gasteiger charge is -2.21. The van der Waals surface area contributed by atoms with Crippen LogP contribution in [0.3, 0.4) is 0 Å². The van der Waals surface area contributed by atoms with Crippen LogP contribution >= 0.6 is 0 Å². The van der Waals surface area contributed by atoms with Gasteiger partial charge in [0, 0.05) is 19.6 Å². The van der Waals surface area contributed by atoms with E-state index in [2.05, 4.69) is 31.1 Å². The van der Waals surface area contributed by atoms with Gasteiger partial charge in [-0.15, -0.1) is 0 Å². The van der Waals surface area contributed by atoms with Crippen molar-refractivity contribution in [1.29, 1.82) is 0 Å². The van der Waals surface area contributed by atoms with Crippen molar-refractivity contribution in [3.8, 4) is 0 Å². The summed E-state index contributed by atoms with van der Waals surface area (Å²) < 4.78 is 0. The molecule has 1 rings (SSSR count). The number of hydrogen-bond donors (Lipinski definition) is 1. The van der Waals surface area contributed by atoms with Crippen LogP contribution in [0.15, 0.2) is 0 Å². The molecule has 0 radical (unpaired) electrons. The Morgan fingerprint density at radius 3 is 2.62 bits per heavy atom. The second-order valence-electron chi connectivity index (χ2n) is 5.63. The van der Waals surface area contributed by atoms with E-state index in [1.807, 2.05) is 0 Å². The van der Waals surface area contributed by atoms with Crippen molar-refractivity contribution in [3.05, 3.63) is 0 Å². The molecule has 0 aromatic carbocycles. The Hall–Kier alpha value is -0.0800. The molecule has 1 unspecified atom stereocenters. The molecule has 0 saturated heterocycles.